The van der Waals surface area contributed by atoms with Crippen LogP contribution in [0.15, 0.2) is 53.6 Å². The molecule has 0 amide bonds. The lowest BCUT2D eigenvalue weighted by Crippen LogP contribution is -2.27. The number of nitrogens with zero attached hydrogens (tertiary/aromatic N) is 2. The zero-order chi connectivity index (χ0) is 14.7. The van der Waals surface area contributed by atoms with Crippen LogP contribution in [-0.2, 0) is 0 Å². The molecule has 0 N–H and O–H groups in total. The van der Waals surface area contributed by atoms with Gasteiger partial charge >= 0.3 is 0 Å². The zero-order valence-electron chi connectivity index (χ0n) is 12.5. The third kappa shape index (κ3) is 2.77. The van der Waals surface area contributed by atoms with Gasteiger partial charge in [-0.3, -0.25) is 5.01 Å². The summed E-state index contributed by atoms with van der Waals surface area (Å²) in [5.74, 6) is 0.928. The molecule has 2 aromatic rings. The quantitative estimate of drug-likeness (QED) is 0.836. The topological polar surface area (TPSA) is 24.8 Å². The van der Waals surface area contributed by atoms with Crippen LogP contribution >= 0.6 is 0 Å². The van der Waals surface area contributed by atoms with E-state index in [0.717, 1.165) is 24.3 Å². The molecule has 0 aromatic heterocycles. The second kappa shape index (κ2) is 6.00. The van der Waals surface area contributed by atoms with Crippen molar-refractivity contribution in [3.8, 4) is 5.75 Å². The highest BCUT2D eigenvalue weighted by Crippen LogP contribution is 2.37. The third-order valence-electron chi connectivity index (χ3n) is 3.87. The van der Waals surface area contributed by atoms with Gasteiger partial charge in [0.25, 0.3) is 0 Å². The van der Waals surface area contributed by atoms with Gasteiger partial charge in [0, 0.05) is 11.8 Å². The molecule has 3 rings (SSSR count). The smallest absolute Gasteiger partial charge is 0.124 e. The number of para-hydroxylation sites is 1. The van der Waals surface area contributed by atoms with E-state index in [1.165, 1.54) is 11.1 Å². The Morgan fingerprint density at radius 1 is 1.10 bits per heavy atom. The van der Waals surface area contributed by atoms with Crippen LogP contribution in [0.2, 0.25) is 0 Å². The monoisotopic (exact) mass is 280 g/mol. The van der Waals surface area contributed by atoms with Crippen molar-refractivity contribution >= 4 is 11.9 Å². The minimum absolute atomic E-state index is 0.217. The SMILES string of the molecule is COc1ccccc1C1CCC=NN1c1ccc(C)cc1. The number of hydrazone groups is 1. The number of benzene rings is 2. The molecule has 1 atom stereocenters. The predicted octanol–water partition coefficient (Wildman–Crippen LogP) is 4.33. The van der Waals surface area contributed by atoms with Crippen molar-refractivity contribution in [3.63, 3.8) is 0 Å². The molecule has 108 valence electrons. The van der Waals surface area contributed by atoms with Crippen LogP contribution in [0.1, 0.15) is 30.0 Å². The molecule has 21 heavy (non-hydrogen) atoms. The summed E-state index contributed by atoms with van der Waals surface area (Å²) >= 11 is 0. The maximum absolute atomic E-state index is 5.52. The van der Waals surface area contributed by atoms with Gasteiger partial charge in [-0.2, -0.15) is 5.10 Å². The minimum Gasteiger partial charge on any atom is -0.496 e. The Morgan fingerprint density at radius 3 is 2.62 bits per heavy atom. The first kappa shape index (κ1) is 13.7. The average molecular weight is 280 g/mol. The van der Waals surface area contributed by atoms with Crippen molar-refractivity contribution in [2.45, 2.75) is 25.8 Å². The van der Waals surface area contributed by atoms with Gasteiger partial charge in [0.2, 0.25) is 0 Å². The van der Waals surface area contributed by atoms with Crippen molar-refractivity contribution in [2.24, 2.45) is 5.10 Å². The molecular formula is C18H20N2O. The Morgan fingerprint density at radius 2 is 1.86 bits per heavy atom. The highest BCUT2D eigenvalue weighted by atomic mass is 16.5. The maximum atomic E-state index is 5.52. The normalized spacial score (nSPS) is 17.8. The van der Waals surface area contributed by atoms with Gasteiger partial charge in [-0.15, -0.1) is 0 Å². The largest absolute Gasteiger partial charge is 0.496 e. The fourth-order valence-corrected chi connectivity index (χ4v) is 2.75. The fraction of sp³-hybridized carbons (Fsp3) is 0.278. The van der Waals surface area contributed by atoms with E-state index < -0.39 is 0 Å². The van der Waals surface area contributed by atoms with Crippen LogP contribution in [0.5, 0.6) is 5.75 Å². The molecule has 0 saturated heterocycles. The van der Waals surface area contributed by atoms with Gasteiger partial charge in [0.05, 0.1) is 18.8 Å². The van der Waals surface area contributed by atoms with Crippen LogP contribution in [-0.4, -0.2) is 13.3 Å². The third-order valence-corrected chi connectivity index (χ3v) is 3.87. The van der Waals surface area contributed by atoms with Gasteiger partial charge in [0.15, 0.2) is 0 Å². The van der Waals surface area contributed by atoms with Gasteiger partial charge in [0.1, 0.15) is 5.75 Å². The van der Waals surface area contributed by atoms with Crippen molar-refractivity contribution < 1.29 is 4.74 Å². The Hall–Kier alpha value is -2.29. The lowest BCUT2D eigenvalue weighted by Gasteiger charge is -2.33. The zero-order valence-corrected chi connectivity index (χ0v) is 12.5. The molecular weight excluding hydrogens is 260 g/mol. The molecule has 1 aliphatic heterocycles. The summed E-state index contributed by atoms with van der Waals surface area (Å²) in [4.78, 5) is 0. The molecule has 3 heteroatoms. The second-order valence-corrected chi connectivity index (χ2v) is 5.31. The molecule has 0 aliphatic carbocycles. The highest BCUT2D eigenvalue weighted by Gasteiger charge is 2.25. The summed E-state index contributed by atoms with van der Waals surface area (Å²) < 4.78 is 5.52. The van der Waals surface area contributed by atoms with Gasteiger partial charge in [-0.05, 0) is 38.0 Å². The van der Waals surface area contributed by atoms with E-state index in [-0.39, 0.29) is 6.04 Å². The number of hydrogen-bond acceptors (Lipinski definition) is 3. The summed E-state index contributed by atoms with van der Waals surface area (Å²) in [5, 5.41) is 6.71. The highest BCUT2D eigenvalue weighted by molar-refractivity contribution is 5.64. The van der Waals surface area contributed by atoms with Gasteiger partial charge in [-0.1, -0.05) is 35.9 Å². The predicted molar refractivity (Wildman–Crippen MR) is 87.1 cm³/mol. The minimum atomic E-state index is 0.217. The average Bonchev–Trinajstić information content (AvgIpc) is 2.55. The van der Waals surface area contributed by atoms with Crippen molar-refractivity contribution in [1.82, 2.24) is 0 Å². The van der Waals surface area contributed by atoms with E-state index in [0.29, 0.717) is 0 Å². The van der Waals surface area contributed by atoms with Crippen molar-refractivity contribution in [3.05, 3.63) is 59.7 Å². The molecule has 0 saturated carbocycles. The van der Waals surface area contributed by atoms with E-state index in [2.05, 4.69) is 53.4 Å². The summed E-state index contributed by atoms with van der Waals surface area (Å²) in [7, 11) is 1.72. The molecule has 1 unspecified atom stereocenters. The molecule has 0 spiro atoms. The Balaban J connectivity index is 1.99. The first-order chi connectivity index (χ1) is 10.3. The van der Waals surface area contributed by atoms with Crippen LogP contribution in [0.3, 0.4) is 0 Å². The number of aryl methyl sites for hydroxylation is 1. The summed E-state index contributed by atoms with van der Waals surface area (Å²) in [5.41, 5.74) is 3.57. The molecule has 0 fully saturated rings. The van der Waals surface area contributed by atoms with Crippen molar-refractivity contribution in [2.75, 3.05) is 12.1 Å². The molecule has 3 nitrogen and oxygen atoms in total. The van der Waals surface area contributed by atoms with Crippen LogP contribution in [0, 0.1) is 6.92 Å². The Labute approximate surface area is 125 Å². The lowest BCUT2D eigenvalue weighted by molar-refractivity contribution is 0.402. The lowest BCUT2D eigenvalue weighted by atomic mass is 9.99. The number of rotatable bonds is 3. The number of anilines is 1. The Bertz CT molecular complexity index is 634. The van der Waals surface area contributed by atoms with Gasteiger partial charge < -0.3 is 4.74 Å². The molecule has 0 bridgehead atoms. The molecule has 2 aromatic carbocycles. The molecule has 1 heterocycles. The first-order valence-electron chi connectivity index (χ1n) is 7.31. The summed E-state index contributed by atoms with van der Waals surface area (Å²) in [6.07, 6.45) is 4.02. The molecule has 1 aliphatic rings. The fourth-order valence-electron chi connectivity index (χ4n) is 2.75. The van der Waals surface area contributed by atoms with E-state index in [9.17, 15) is 0 Å². The van der Waals surface area contributed by atoms with E-state index in [1.54, 1.807) is 7.11 Å². The van der Waals surface area contributed by atoms with Crippen LogP contribution in [0.4, 0.5) is 5.69 Å². The van der Waals surface area contributed by atoms with E-state index >= 15 is 0 Å². The number of hydrogen-bond donors (Lipinski definition) is 0. The maximum Gasteiger partial charge on any atom is 0.124 e. The van der Waals surface area contributed by atoms with Crippen LogP contribution in [0.25, 0.3) is 0 Å². The standard InChI is InChI=1S/C18H20N2O/c1-14-9-11-15(12-10-14)20-17(7-5-13-19-20)16-6-3-4-8-18(16)21-2/h3-4,6,8-13,17H,5,7H2,1-2H3. The van der Waals surface area contributed by atoms with E-state index in [4.69, 9.17) is 4.74 Å². The number of methoxy groups -OCH3 is 1. The van der Waals surface area contributed by atoms with Gasteiger partial charge in [-0.25, -0.2) is 0 Å². The molecule has 0 radical (unpaired) electrons. The Kier molecular flexibility index (Phi) is 3.91. The first-order valence-corrected chi connectivity index (χ1v) is 7.31. The second-order valence-electron chi connectivity index (χ2n) is 5.31. The van der Waals surface area contributed by atoms with Crippen molar-refractivity contribution in [1.29, 1.82) is 0 Å². The van der Waals surface area contributed by atoms with Crippen LogP contribution < -0.4 is 9.75 Å². The summed E-state index contributed by atoms with van der Waals surface area (Å²) in [6.45, 7) is 2.10. The number of ether oxygens (including phenoxy) is 1. The summed E-state index contributed by atoms with van der Waals surface area (Å²) in [6, 6.07) is 16.9. The van der Waals surface area contributed by atoms with E-state index in [1.807, 2.05) is 18.3 Å².